The third-order valence-corrected chi connectivity index (χ3v) is 10.0. The fourth-order valence-electron chi connectivity index (χ4n) is 6.49. The summed E-state index contributed by atoms with van der Waals surface area (Å²) in [5.41, 5.74) is 1.53. The zero-order valence-electron chi connectivity index (χ0n) is 21.4. The molecule has 0 bridgehead atoms. The van der Waals surface area contributed by atoms with Crippen LogP contribution in [0, 0.1) is 11.8 Å². The van der Waals surface area contributed by atoms with Gasteiger partial charge in [0.05, 0.1) is 41.4 Å². The van der Waals surface area contributed by atoms with Gasteiger partial charge in [0.2, 0.25) is 11.8 Å². The highest BCUT2D eigenvalue weighted by atomic mass is 32.2. The molecule has 1 spiro atoms. The zero-order chi connectivity index (χ0) is 26.7. The minimum absolute atomic E-state index is 0.157. The second-order valence-electron chi connectivity index (χ2n) is 10.7. The topological polar surface area (TPSA) is 118 Å². The molecular weight excluding hydrogens is 506 g/mol. The lowest BCUT2D eigenvalue weighted by Gasteiger charge is -2.38. The standard InChI is InChI=1S/C27H31N5O5S/c1-17(15-33)32-22-24(35)30(16-31-19-10-5-4-9-18(19)28-29-31)13-8-12-27(22)20(23(32)34)21-25(36)37-14-7-3-6-11-26(21,2)38-27/h4-6,8-12,17,20-22,33H,3,7,13-16H2,1-2H3/b11-6-/t17-,20+,21-,22?,26+,27+/m1/s1. The molecule has 1 aromatic carbocycles. The van der Waals surface area contributed by atoms with Crippen molar-refractivity contribution in [1.29, 1.82) is 0 Å². The molecule has 200 valence electrons. The van der Waals surface area contributed by atoms with Gasteiger partial charge in [-0.1, -0.05) is 41.7 Å². The molecule has 6 rings (SSSR count). The summed E-state index contributed by atoms with van der Waals surface area (Å²) in [5.74, 6) is -2.50. The number of hydrogen-bond acceptors (Lipinski definition) is 8. The Bertz CT molecular complexity index is 1360. The number of nitrogens with zero attached hydrogens (tertiary/aromatic N) is 5. The molecule has 38 heavy (non-hydrogen) atoms. The highest BCUT2D eigenvalue weighted by Gasteiger charge is 2.74. The molecular formula is C27H31N5O5S. The maximum atomic E-state index is 14.4. The Balaban J connectivity index is 1.44. The second kappa shape index (κ2) is 9.23. The number of benzene rings is 1. The van der Waals surface area contributed by atoms with Crippen molar-refractivity contribution in [2.24, 2.45) is 11.8 Å². The first-order valence-electron chi connectivity index (χ1n) is 13.0. The number of cyclic esters (lactones) is 1. The normalized spacial score (nSPS) is 34.6. The summed E-state index contributed by atoms with van der Waals surface area (Å²) < 4.78 is 5.60. The highest BCUT2D eigenvalue weighted by molar-refractivity contribution is 8.02. The van der Waals surface area contributed by atoms with Crippen molar-refractivity contribution in [3.05, 3.63) is 48.6 Å². The highest BCUT2D eigenvalue weighted by Crippen LogP contribution is 2.65. The van der Waals surface area contributed by atoms with Gasteiger partial charge in [-0.3, -0.25) is 14.4 Å². The molecule has 1 unspecified atom stereocenters. The molecule has 11 heteroatoms. The van der Waals surface area contributed by atoms with Crippen molar-refractivity contribution in [2.45, 2.75) is 54.9 Å². The van der Waals surface area contributed by atoms with Gasteiger partial charge in [0.15, 0.2) is 0 Å². The van der Waals surface area contributed by atoms with Crippen LogP contribution < -0.4 is 0 Å². The lowest BCUT2D eigenvalue weighted by atomic mass is 9.74. The van der Waals surface area contributed by atoms with Crippen molar-refractivity contribution < 1.29 is 24.2 Å². The first kappa shape index (κ1) is 25.1. The van der Waals surface area contributed by atoms with E-state index >= 15 is 0 Å². The van der Waals surface area contributed by atoms with E-state index in [0.29, 0.717) is 13.2 Å². The number of para-hydroxylation sites is 1. The largest absolute Gasteiger partial charge is 0.465 e. The number of likely N-dealkylation sites (tertiary alicyclic amines) is 1. The van der Waals surface area contributed by atoms with E-state index in [1.54, 1.807) is 16.5 Å². The Labute approximate surface area is 224 Å². The Kier molecular flexibility index (Phi) is 6.10. The van der Waals surface area contributed by atoms with Crippen molar-refractivity contribution in [3.8, 4) is 0 Å². The van der Waals surface area contributed by atoms with Gasteiger partial charge >= 0.3 is 5.97 Å². The van der Waals surface area contributed by atoms with Gasteiger partial charge in [-0.15, -0.1) is 16.9 Å². The van der Waals surface area contributed by atoms with Gasteiger partial charge in [-0.25, -0.2) is 4.68 Å². The number of carbonyl (C=O) groups excluding carboxylic acids is 3. The van der Waals surface area contributed by atoms with Crippen molar-refractivity contribution in [2.75, 3.05) is 19.8 Å². The van der Waals surface area contributed by atoms with Crippen LogP contribution in [0.3, 0.4) is 0 Å². The fourth-order valence-corrected chi connectivity index (χ4v) is 8.63. The smallest absolute Gasteiger partial charge is 0.311 e. The minimum Gasteiger partial charge on any atom is -0.465 e. The summed E-state index contributed by atoms with van der Waals surface area (Å²) in [6.07, 6.45) is 9.44. The molecule has 4 aliphatic heterocycles. The number of amides is 2. The number of thioether (sulfide) groups is 1. The monoisotopic (exact) mass is 537 g/mol. The SMILES string of the molecule is C[C@H](CO)N1C(=O)[C@@H]2[C@@H]3C(=O)OCCC/C=C\[C@]3(C)S[C@@]23C=CCN(Cn2nnc4ccccc42)C(=O)C13. The van der Waals surface area contributed by atoms with E-state index in [-0.39, 0.29) is 25.1 Å². The number of hydrogen-bond donors (Lipinski definition) is 1. The van der Waals surface area contributed by atoms with E-state index in [1.807, 2.05) is 49.4 Å². The van der Waals surface area contributed by atoms with E-state index in [2.05, 4.69) is 16.4 Å². The summed E-state index contributed by atoms with van der Waals surface area (Å²) in [6, 6.07) is 6.04. The number of allylic oxidation sites excluding steroid dienone is 1. The van der Waals surface area contributed by atoms with Gasteiger partial charge in [0, 0.05) is 11.3 Å². The molecule has 10 nitrogen and oxygen atoms in total. The van der Waals surface area contributed by atoms with E-state index in [4.69, 9.17) is 4.74 Å². The van der Waals surface area contributed by atoms with Crippen molar-refractivity contribution in [3.63, 3.8) is 0 Å². The number of rotatable bonds is 4. The molecule has 6 atom stereocenters. The van der Waals surface area contributed by atoms with Crippen LogP contribution in [-0.2, 0) is 25.8 Å². The fraction of sp³-hybridized carbons (Fsp3) is 0.519. The van der Waals surface area contributed by atoms with Crippen LogP contribution in [0.25, 0.3) is 11.0 Å². The van der Waals surface area contributed by atoms with Gasteiger partial charge in [0.25, 0.3) is 0 Å². The molecule has 0 radical (unpaired) electrons. The van der Waals surface area contributed by atoms with Crippen LogP contribution in [0.2, 0.25) is 0 Å². The predicted molar refractivity (Wildman–Crippen MR) is 141 cm³/mol. The maximum absolute atomic E-state index is 14.4. The molecule has 0 aliphatic carbocycles. The van der Waals surface area contributed by atoms with Crippen LogP contribution in [0.15, 0.2) is 48.6 Å². The Morgan fingerprint density at radius 2 is 1.97 bits per heavy atom. The molecule has 4 aliphatic rings. The van der Waals surface area contributed by atoms with Crippen LogP contribution in [0.4, 0.5) is 0 Å². The Morgan fingerprint density at radius 1 is 1.16 bits per heavy atom. The molecule has 5 heterocycles. The summed E-state index contributed by atoms with van der Waals surface area (Å²) >= 11 is 1.50. The summed E-state index contributed by atoms with van der Waals surface area (Å²) in [4.78, 5) is 45.2. The van der Waals surface area contributed by atoms with E-state index in [0.717, 1.165) is 23.9 Å². The lowest BCUT2D eigenvalue weighted by molar-refractivity contribution is -0.154. The number of aliphatic hydroxyl groups excluding tert-OH is 1. The second-order valence-corrected chi connectivity index (χ2v) is 12.5. The molecule has 2 aromatic rings. The van der Waals surface area contributed by atoms with Gasteiger partial charge < -0.3 is 19.6 Å². The van der Waals surface area contributed by atoms with Gasteiger partial charge in [0.1, 0.15) is 18.2 Å². The van der Waals surface area contributed by atoms with E-state index in [9.17, 15) is 19.5 Å². The predicted octanol–water partition coefficient (Wildman–Crippen LogP) is 1.75. The van der Waals surface area contributed by atoms with E-state index in [1.165, 1.54) is 16.7 Å². The van der Waals surface area contributed by atoms with Gasteiger partial charge in [-0.2, -0.15) is 0 Å². The lowest BCUT2D eigenvalue weighted by Crippen LogP contribution is -2.56. The quantitative estimate of drug-likeness (QED) is 0.463. The Hall–Kier alpha value is -3.18. The average molecular weight is 538 g/mol. The minimum atomic E-state index is -0.987. The van der Waals surface area contributed by atoms with E-state index < -0.39 is 39.4 Å². The number of ether oxygens (including phenoxy) is 1. The summed E-state index contributed by atoms with van der Waals surface area (Å²) in [7, 11) is 0. The molecule has 2 saturated heterocycles. The molecule has 1 N–H and O–H groups in total. The third kappa shape index (κ3) is 3.62. The molecule has 0 saturated carbocycles. The number of fused-ring (bicyclic) bond motifs is 3. The Morgan fingerprint density at radius 3 is 2.79 bits per heavy atom. The van der Waals surface area contributed by atoms with Crippen molar-refractivity contribution in [1.82, 2.24) is 24.8 Å². The average Bonchev–Trinajstić information content (AvgIpc) is 3.48. The van der Waals surface area contributed by atoms with Crippen LogP contribution >= 0.6 is 11.8 Å². The molecule has 2 fully saturated rings. The number of carbonyl (C=O) groups is 3. The maximum Gasteiger partial charge on any atom is 0.311 e. The zero-order valence-corrected chi connectivity index (χ0v) is 22.2. The summed E-state index contributed by atoms with van der Waals surface area (Å²) in [5, 5.41) is 18.6. The van der Waals surface area contributed by atoms with Crippen LogP contribution in [-0.4, -0.2) is 89.0 Å². The number of aromatic nitrogens is 3. The van der Waals surface area contributed by atoms with Crippen molar-refractivity contribution >= 4 is 40.6 Å². The number of aliphatic hydroxyl groups is 1. The van der Waals surface area contributed by atoms with Gasteiger partial charge in [-0.05, 0) is 38.8 Å². The van der Waals surface area contributed by atoms with Crippen LogP contribution in [0.1, 0.15) is 26.7 Å². The molecule has 1 aromatic heterocycles. The summed E-state index contributed by atoms with van der Waals surface area (Å²) in [6.45, 7) is 4.16. The number of esters is 1. The third-order valence-electron chi connectivity index (χ3n) is 8.24. The first-order valence-corrected chi connectivity index (χ1v) is 13.8. The first-order chi connectivity index (χ1) is 18.3. The van der Waals surface area contributed by atoms with Crippen LogP contribution in [0.5, 0.6) is 0 Å². The molecule has 2 amide bonds.